The zero-order chi connectivity index (χ0) is 14.4. The van der Waals surface area contributed by atoms with Gasteiger partial charge in [0.2, 0.25) is 0 Å². The highest BCUT2D eigenvalue weighted by molar-refractivity contribution is 6.22. The fourth-order valence-corrected chi connectivity index (χ4v) is 2.41. The number of nitrogens with one attached hydrogen (secondary N) is 1. The first kappa shape index (κ1) is 14.7. The fourth-order valence-electron chi connectivity index (χ4n) is 2.41. The van der Waals surface area contributed by atoms with E-state index in [1.54, 1.807) is 6.07 Å². The maximum atomic E-state index is 11.7. The van der Waals surface area contributed by atoms with Crippen LogP contribution in [0.4, 0.5) is 0 Å². The normalized spacial score (nSPS) is 13.4. The van der Waals surface area contributed by atoms with Gasteiger partial charge in [0, 0.05) is 6.61 Å². The van der Waals surface area contributed by atoms with Crippen LogP contribution in [0, 0.1) is 0 Å². The van der Waals surface area contributed by atoms with Gasteiger partial charge in [0.15, 0.2) is 0 Å². The lowest BCUT2D eigenvalue weighted by Gasteiger charge is -2.07. The first-order valence-electron chi connectivity index (χ1n) is 7.29. The Hall–Kier alpha value is -1.68. The van der Waals surface area contributed by atoms with Crippen molar-refractivity contribution in [2.45, 2.75) is 39.0 Å². The van der Waals surface area contributed by atoms with Gasteiger partial charge >= 0.3 is 0 Å². The molecule has 0 bridgehead atoms. The number of ether oxygens (including phenoxy) is 1. The second-order valence-corrected chi connectivity index (χ2v) is 5.05. The molecule has 0 spiro atoms. The highest BCUT2D eigenvalue weighted by atomic mass is 16.5. The first-order valence-corrected chi connectivity index (χ1v) is 7.29. The first-order chi connectivity index (χ1) is 9.74. The summed E-state index contributed by atoms with van der Waals surface area (Å²) in [6.07, 6.45) is 5.42. The summed E-state index contributed by atoms with van der Waals surface area (Å²) in [7, 11) is 0. The number of fused-ring (bicyclic) bond motifs is 1. The van der Waals surface area contributed by atoms with E-state index in [1.807, 2.05) is 12.1 Å². The standard InChI is InChI=1S/C16H21NO3/c1-2-3-4-5-10-20-11-9-12-7-6-8-13-14(12)16(19)17-15(13)18/h6-8H,2-5,9-11H2,1H3,(H,17,18,19). The van der Waals surface area contributed by atoms with Crippen LogP contribution in [0.3, 0.4) is 0 Å². The van der Waals surface area contributed by atoms with Crippen molar-refractivity contribution in [3.8, 4) is 0 Å². The van der Waals surface area contributed by atoms with E-state index in [-0.39, 0.29) is 11.8 Å². The van der Waals surface area contributed by atoms with Crippen LogP contribution >= 0.6 is 0 Å². The molecule has 0 aromatic heterocycles. The average Bonchev–Trinajstić information content (AvgIpc) is 2.74. The van der Waals surface area contributed by atoms with E-state index in [1.165, 1.54) is 19.3 Å². The molecule has 2 rings (SSSR count). The van der Waals surface area contributed by atoms with Crippen LogP contribution in [0.1, 0.15) is 58.9 Å². The SMILES string of the molecule is CCCCCCOCCc1cccc2c1C(=O)NC2=O. The number of imide groups is 1. The van der Waals surface area contributed by atoms with Crippen LogP contribution in [-0.2, 0) is 11.2 Å². The minimum Gasteiger partial charge on any atom is -0.381 e. The van der Waals surface area contributed by atoms with E-state index < -0.39 is 0 Å². The highest BCUT2D eigenvalue weighted by Crippen LogP contribution is 2.20. The van der Waals surface area contributed by atoms with Crippen molar-refractivity contribution in [1.82, 2.24) is 5.32 Å². The summed E-state index contributed by atoms with van der Waals surface area (Å²) in [5, 5.41) is 2.33. The van der Waals surface area contributed by atoms with Crippen LogP contribution in [-0.4, -0.2) is 25.0 Å². The third-order valence-electron chi connectivity index (χ3n) is 3.51. The van der Waals surface area contributed by atoms with Crippen molar-refractivity contribution in [3.63, 3.8) is 0 Å². The van der Waals surface area contributed by atoms with Gasteiger partial charge in [0.1, 0.15) is 0 Å². The predicted molar refractivity (Wildman–Crippen MR) is 76.9 cm³/mol. The number of amides is 2. The summed E-state index contributed by atoms with van der Waals surface area (Å²) >= 11 is 0. The Labute approximate surface area is 119 Å². The minimum absolute atomic E-state index is 0.288. The van der Waals surface area contributed by atoms with E-state index in [2.05, 4.69) is 12.2 Å². The molecule has 0 saturated heterocycles. The zero-order valence-corrected chi connectivity index (χ0v) is 11.9. The molecule has 0 unspecified atom stereocenters. The minimum atomic E-state index is -0.299. The molecule has 1 aromatic rings. The molecule has 1 aromatic carbocycles. The number of carbonyl (C=O) groups excluding carboxylic acids is 2. The maximum absolute atomic E-state index is 11.7. The van der Waals surface area contributed by atoms with Gasteiger partial charge in [-0.2, -0.15) is 0 Å². The number of benzene rings is 1. The lowest BCUT2D eigenvalue weighted by molar-refractivity contribution is 0.0879. The topological polar surface area (TPSA) is 55.4 Å². The molecule has 0 radical (unpaired) electrons. The highest BCUT2D eigenvalue weighted by Gasteiger charge is 2.28. The molecule has 1 N–H and O–H groups in total. The van der Waals surface area contributed by atoms with Gasteiger partial charge in [-0.25, -0.2) is 0 Å². The molecule has 0 atom stereocenters. The summed E-state index contributed by atoms with van der Waals surface area (Å²) in [6, 6.07) is 5.38. The van der Waals surface area contributed by atoms with Gasteiger partial charge in [0.25, 0.3) is 11.8 Å². The average molecular weight is 275 g/mol. The van der Waals surface area contributed by atoms with Crippen molar-refractivity contribution in [2.24, 2.45) is 0 Å². The summed E-state index contributed by atoms with van der Waals surface area (Å²) < 4.78 is 5.59. The van der Waals surface area contributed by atoms with Crippen LogP contribution in [0.2, 0.25) is 0 Å². The molecule has 1 aliphatic heterocycles. The van der Waals surface area contributed by atoms with E-state index in [4.69, 9.17) is 4.74 Å². The Kier molecular flexibility index (Phi) is 5.30. The number of carbonyl (C=O) groups is 2. The Morgan fingerprint density at radius 3 is 2.70 bits per heavy atom. The fraction of sp³-hybridized carbons (Fsp3) is 0.500. The summed E-state index contributed by atoms with van der Waals surface area (Å²) in [4.78, 5) is 23.3. The molecule has 1 heterocycles. The third-order valence-corrected chi connectivity index (χ3v) is 3.51. The zero-order valence-electron chi connectivity index (χ0n) is 11.9. The Bertz CT molecular complexity index is 496. The molecule has 1 aliphatic rings. The van der Waals surface area contributed by atoms with Gasteiger partial charge in [-0.15, -0.1) is 0 Å². The van der Waals surface area contributed by atoms with Crippen molar-refractivity contribution in [2.75, 3.05) is 13.2 Å². The molecule has 0 fully saturated rings. The van der Waals surface area contributed by atoms with Gasteiger partial charge < -0.3 is 4.74 Å². The molecule has 2 amide bonds. The molecule has 0 saturated carbocycles. The number of unbranched alkanes of at least 4 members (excludes halogenated alkanes) is 3. The molecule has 0 aliphatic carbocycles. The van der Waals surface area contributed by atoms with Crippen LogP contribution in [0.25, 0.3) is 0 Å². The Morgan fingerprint density at radius 1 is 1.05 bits per heavy atom. The number of hydrogen-bond acceptors (Lipinski definition) is 3. The van der Waals surface area contributed by atoms with E-state index in [0.717, 1.165) is 18.6 Å². The molecule has 20 heavy (non-hydrogen) atoms. The van der Waals surface area contributed by atoms with E-state index in [9.17, 15) is 9.59 Å². The Balaban J connectivity index is 1.83. The smallest absolute Gasteiger partial charge is 0.259 e. The molecule has 4 nitrogen and oxygen atoms in total. The third kappa shape index (κ3) is 3.45. The summed E-state index contributed by atoms with van der Waals surface area (Å²) in [5.74, 6) is -0.587. The number of hydrogen-bond donors (Lipinski definition) is 1. The second kappa shape index (κ2) is 7.20. The van der Waals surface area contributed by atoms with E-state index in [0.29, 0.717) is 24.2 Å². The van der Waals surface area contributed by atoms with Gasteiger partial charge in [0.05, 0.1) is 17.7 Å². The van der Waals surface area contributed by atoms with Crippen LogP contribution in [0.15, 0.2) is 18.2 Å². The lowest BCUT2D eigenvalue weighted by atomic mass is 10.0. The van der Waals surface area contributed by atoms with Crippen LogP contribution < -0.4 is 5.32 Å². The van der Waals surface area contributed by atoms with Crippen molar-refractivity contribution in [1.29, 1.82) is 0 Å². The number of rotatable bonds is 8. The van der Waals surface area contributed by atoms with Gasteiger partial charge in [-0.1, -0.05) is 38.3 Å². The second-order valence-electron chi connectivity index (χ2n) is 5.05. The summed E-state index contributed by atoms with van der Waals surface area (Å²) in [6.45, 7) is 3.54. The molecule has 108 valence electrons. The largest absolute Gasteiger partial charge is 0.381 e. The monoisotopic (exact) mass is 275 g/mol. The van der Waals surface area contributed by atoms with Crippen LogP contribution in [0.5, 0.6) is 0 Å². The molecule has 4 heteroatoms. The van der Waals surface area contributed by atoms with Gasteiger partial charge in [-0.05, 0) is 24.5 Å². The predicted octanol–water partition coefficient (Wildman–Crippen LogP) is 2.71. The van der Waals surface area contributed by atoms with Crippen molar-refractivity contribution in [3.05, 3.63) is 34.9 Å². The quantitative estimate of drug-likeness (QED) is 0.586. The summed E-state index contributed by atoms with van der Waals surface area (Å²) in [5.41, 5.74) is 1.89. The van der Waals surface area contributed by atoms with E-state index >= 15 is 0 Å². The maximum Gasteiger partial charge on any atom is 0.259 e. The van der Waals surface area contributed by atoms with Gasteiger partial charge in [-0.3, -0.25) is 14.9 Å². The molecular formula is C16H21NO3. The van der Waals surface area contributed by atoms with Crippen molar-refractivity contribution < 1.29 is 14.3 Å². The van der Waals surface area contributed by atoms with Crippen molar-refractivity contribution >= 4 is 11.8 Å². The Morgan fingerprint density at radius 2 is 1.90 bits per heavy atom. The molecular weight excluding hydrogens is 254 g/mol. The lowest BCUT2D eigenvalue weighted by Crippen LogP contribution is -2.20.